The van der Waals surface area contributed by atoms with Gasteiger partial charge in [-0.3, -0.25) is 25.2 Å². The molecular formula is C13H8N3O5-. The lowest BCUT2D eigenvalue weighted by Gasteiger charge is -2.08. The van der Waals surface area contributed by atoms with Gasteiger partial charge in [0.25, 0.3) is 11.4 Å². The number of nitro groups is 2. The van der Waals surface area contributed by atoms with Gasteiger partial charge in [0.2, 0.25) is 0 Å². The number of hydrogen-bond acceptors (Lipinski definition) is 6. The number of nitro benzene ring substituents is 2. The van der Waals surface area contributed by atoms with E-state index in [0.717, 1.165) is 18.2 Å². The standard InChI is InChI=1S/C13H9N3O5/c17-13-6-5-11(16(20)21)7-12(13)14-8-9-1-3-10(4-2-9)15(18)19/h1-8,17H/p-1. The predicted molar refractivity (Wildman–Crippen MR) is 72.9 cm³/mol. The van der Waals surface area contributed by atoms with Gasteiger partial charge >= 0.3 is 0 Å². The van der Waals surface area contributed by atoms with Gasteiger partial charge < -0.3 is 5.11 Å². The molecule has 2 aromatic carbocycles. The summed E-state index contributed by atoms with van der Waals surface area (Å²) in [6.45, 7) is 0. The highest BCUT2D eigenvalue weighted by atomic mass is 16.6. The fourth-order valence-electron chi connectivity index (χ4n) is 1.55. The minimum atomic E-state index is -0.621. The molecule has 0 bridgehead atoms. The monoisotopic (exact) mass is 286 g/mol. The van der Waals surface area contributed by atoms with Crippen molar-refractivity contribution in [3.8, 4) is 5.75 Å². The predicted octanol–water partition coefficient (Wildman–Crippen LogP) is 2.33. The van der Waals surface area contributed by atoms with Crippen LogP contribution < -0.4 is 5.11 Å². The Morgan fingerprint density at radius 2 is 1.48 bits per heavy atom. The van der Waals surface area contributed by atoms with E-state index in [9.17, 15) is 25.3 Å². The molecule has 0 aliphatic heterocycles. The number of aliphatic imine (C=N–C) groups is 1. The summed E-state index contributed by atoms with van der Waals surface area (Å²) >= 11 is 0. The third kappa shape index (κ3) is 3.38. The third-order valence-corrected chi connectivity index (χ3v) is 2.61. The van der Waals surface area contributed by atoms with E-state index in [-0.39, 0.29) is 17.1 Å². The van der Waals surface area contributed by atoms with Gasteiger partial charge in [-0.15, -0.1) is 0 Å². The van der Waals surface area contributed by atoms with E-state index in [0.29, 0.717) is 5.56 Å². The molecule has 0 atom stereocenters. The van der Waals surface area contributed by atoms with Crippen molar-refractivity contribution in [3.63, 3.8) is 0 Å². The van der Waals surface area contributed by atoms with Crippen LogP contribution in [0, 0.1) is 20.2 Å². The highest BCUT2D eigenvalue weighted by molar-refractivity contribution is 5.83. The summed E-state index contributed by atoms with van der Waals surface area (Å²) in [5.74, 6) is -0.446. The Labute approximate surface area is 118 Å². The fraction of sp³-hybridized carbons (Fsp3) is 0. The molecule has 0 amide bonds. The van der Waals surface area contributed by atoms with Crippen LogP contribution in [0.4, 0.5) is 17.1 Å². The van der Waals surface area contributed by atoms with E-state index >= 15 is 0 Å². The smallest absolute Gasteiger partial charge is 0.271 e. The lowest BCUT2D eigenvalue weighted by Crippen LogP contribution is -1.93. The van der Waals surface area contributed by atoms with Crippen molar-refractivity contribution < 1.29 is 15.0 Å². The number of non-ortho nitro benzene ring substituents is 2. The second kappa shape index (κ2) is 5.78. The van der Waals surface area contributed by atoms with Gasteiger partial charge in [-0.05, 0) is 17.7 Å². The summed E-state index contributed by atoms with van der Waals surface area (Å²) in [7, 11) is 0. The van der Waals surface area contributed by atoms with Crippen molar-refractivity contribution in [3.05, 3.63) is 68.3 Å². The maximum Gasteiger partial charge on any atom is 0.271 e. The average Bonchev–Trinajstić information content (AvgIpc) is 2.46. The van der Waals surface area contributed by atoms with E-state index in [1.165, 1.54) is 30.5 Å². The number of rotatable bonds is 4. The minimum Gasteiger partial charge on any atom is -0.871 e. The van der Waals surface area contributed by atoms with E-state index in [2.05, 4.69) is 4.99 Å². The zero-order chi connectivity index (χ0) is 15.4. The first-order valence-corrected chi connectivity index (χ1v) is 5.71. The Balaban J connectivity index is 2.26. The molecule has 2 aromatic rings. The van der Waals surface area contributed by atoms with Crippen LogP contribution >= 0.6 is 0 Å². The van der Waals surface area contributed by atoms with E-state index < -0.39 is 15.6 Å². The summed E-state index contributed by atoms with van der Waals surface area (Å²) in [4.78, 5) is 23.9. The van der Waals surface area contributed by atoms with Crippen molar-refractivity contribution in [2.45, 2.75) is 0 Å². The molecule has 0 radical (unpaired) electrons. The van der Waals surface area contributed by atoms with Crippen LogP contribution in [-0.4, -0.2) is 16.1 Å². The van der Waals surface area contributed by atoms with Gasteiger partial charge in [-0.25, -0.2) is 0 Å². The summed E-state index contributed by atoms with van der Waals surface area (Å²) in [6, 6.07) is 8.77. The largest absolute Gasteiger partial charge is 0.871 e. The van der Waals surface area contributed by atoms with Crippen LogP contribution in [0.15, 0.2) is 47.5 Å². The molecule has 8 nitrogen and oxygen atoms in total. The Morgan fingerprint density at radius 1 is 0.905 bits per heavy atom. The van der Waals surface area contributed by atoms with Crippen molar-refractivity contribution in [1.82, 2.24) is 0 Å². The number of nitrogens with zero attached hydrogens (tertiary/aromatic N) is 3. The van der Waals surface area contributed by atoms with E-state index in [4.69, 9.17) is 0 Å². The Morgan fingerprint density at radius 3 is 2.05 bits per heavy atom. The molecular weight excluding hydrogens is 278 g/mol. The van der Waals surface area contributed by atoms with E-state index in [1.54, 1.807) is 0 Å². The highest BCUT2D eigenvalue weighted by Gasteiger charge is 2.06. The normalized spacial score (nSPS) is 10.7. The van der Waals surface area contributed by atoms with Crippen molar-refractivity contribution in [1.29, 1.82) is 0 Å². The van der Waals surface area contributed by atoms with Crippen LogP contribution in [-0.2, 0) is 0 Å². The minimum absolute atomic E-state index is 0.0630. The third-order valence-electron chi connectivity index (χ3n) is 2.61. The summed E-state index contributed by atoms with van der Waals surface area (Å²) in [6.07, 6.45) is 1.31. The Hall–Kier alpha value is -3.29. The van der Waals surface area contributed by atoms with Crippen molar-refractivity contribution in [2.75, 3.05) is 0 Å². The highest BCUT2D eigenvalue weighted by Crippen LogP contribution is 2.28. The summed E-state index contributed by atoms with van der Waals surface area (Å²) < 4.78 is 0. The van der Waals surface area contributed by atoms with Crippen LogP contribution in [0.5, 0.6) is 5.75 Å². The zero-order valence-electron chi connectivity index (χ0n) is 10.5. The van der Waals surface area contributed by atoms with Crippen molar-refractivity contribution >= 4 is 23.3 Å². The van der Waals surface area contributed by atoms with Crippen LogP contribution in [0.2, 0.25) is 0 Å². The maximum absolute atomic E-state index is 11.5. The topological polar surface area (TPSA) is 122 Å². The van der Waals surface area contributed by atoms with Gasteiger partial charge in [-0.1, -0.05) is 11.8 Å². The van der Waals surface area contributed by atoms with E-state index in [1.807, 2.05) is 0 Å². The van der Waals surface area contributed by atoms with Gasteiger partial charge in [0.1, 0.15) is 0 Å². The first-order chi connectivity index (χ1) is 9.97. The number of hydrogen-bond donors (Lipinski definition) is 0. The van der Waals surface area contributed by atoms with Gasteiger partial charge in [0.05, 0.1) is 15.5 Å². The van der Waals surface area contributed by atoms with Crippen LogP contribution in [0.25, 0.3) is 0 Å². The first kappa shape index (κ1) is 14.1. The van der Waals surface area contributed by atoms with Gasteiger partial charge in [0.15, 0.2) is 0 Å². The second-order valence-corrected chi connectivity index (χ2v) is 4.02. The zero-order valence-corrected chi connectivity index (χ0v) is 10.5. The van der Waals surface area contributed by atoms with Crippen LogP contribution in [0.3, 0.4) is 0 Å². The molecule has 21 heavy (non-hydrogen) atoms. The van der Waals surface area contributed by atoms with Gasteiger partial charge in [0, 0.05) is 30.5 Å². The Kier molecular flexibility index (Phi) is 3.89. The quantitative estimate of drug-likeness (QED) is 0.485. The lowest BCUT2D eigenvalue weighted by molar-refractivity contribution is -0.385. The second-order valence-electron chi connectivity index (χ2n) is 4.02. The molecule has 0 aliphatic rings. The molecule has 0 heterocycles. The maximum atomic E-state index is 11.5. The molecule has 0 saturated carbocycles. The van der Waals surface area contributed by atoms with Gasteiger partial charge in [-0.2, -0.15) is 0 Å². The summed E-state index contributed by atoms with van der Waals surface area (Å²) in [5.41, 5.74) is 0.173. The molecule has 0 aliphatic carbocycles. The molecule has 0 unspecified atom stereocenters. The molecule has 0 N–H and O–H groups in total. The van der Waals surface area contributed by atoms with Crippen molar-refractivity contribution in [2.24, 2.45) is 4.99 Å². The molecule has 106 valence electrons. The SMILES string of the molecule is O=[N+]([O-])c1ccc(C=Nc2cc([N+](=O)[O-])ccc2[O-])cc1. The molecule has 0 aromatic heterocycles. The molecule has 8 heteroatoms. The number of benzene rings is 2. The first-order valence-electron chi connectivity index (χ1n) is 5.71. The lowest BCUT2D eigenvalue weighted by atomic mass is 10.2. The van der Waals surface area contributed by atoms with Crippen LogP contribution in [0.1, 0.15) is 5.56 Å². The fourth-order valence-corrected chi connectivity index (χ4v) is 1.55. The molecule has 0 spiro atoms. The average molecular weight is 286 g/mol. The molecule has 2 rings (SSSR count). The molecule has 0 saturated heterocycles. The Bertz CT molecular complexity index is 725. The summed E-state index contributed by atoms with van der Waals surface area (Å²) in [5, 5.41) is 32.7. The molecule has 0 fully saturated rings.